The highest BCUT2D eigenvalue weighted by Crippen LogP contribution is 2.70. The van der Waals surface area contributed by atoms with Gasteiger partial charge in [0.2, 0.25) is 0 Å². The number of hydrogen-bond acceptors (Lipinski definition) is 6. The number of rotatable bonds is 2. The number of carbonyl (C=O) groups excluding carboxylic acids is 2. The molecule has 0 amide bonds. The predicted molar refractivity (Wildman–Crippen MR) is 108 cm³/mol. The Bertz CT molecular complexity index is 873. The SMILES string of the molecule is CC1(C)OC2CC3C4CCC5=CC(=O)C=C[C@]5(C)C4C(O)C[C@]3(C)[C@]2(C(=O)CO)O1. The topological polar surface area (TPSA) is 93.1 Å². The van der Waals surface area contributed by atoms with Crippen molar-refractivity contribution in [3.8, 4) is 0 Å². The minimum Gasteiger partial charge on any atom is -0.393 e. The maximum Gasteiger partial charge on any atom is 0.193 e. The second-order valence-corrected chi connectivity index (χ2v) is 10.9. The van der Waals surface area contributed by atoms with Gasteiger partial charge in [-0.1, -0.05) is 25.5 Å². The monoisotopic (exact) mass is 416 g/mol. The number of ketones is 2. The van der Waals surface area contributed by atoms with Crippen LogP contribution in [0, 0.1) is 28.6 Å². The zero-order chi connectivity index (χ0) is 21.7. The second-order valence-electron chi connectivity index (χ2n) is 10.9. The van der Waals surface area contributed by atoms with Gasteiger partial charge in [-0.2, -0.15) is 0 Å². The summed E-state index contributed by atoms with van der Waals surface area (Å²) in [6.07, 6.45) is 7.04. The van der Waals surface area contributed by atoms with Crippen molar-refractivity contribution in [1.29, 1.82) is 0 Å². The van der Waals surface area contributed by atoms with Gasteiger partial charge in [0.15, 0.2) is 23.0 Å². The van der Waals surface area contributed by atoms with Crippen molar-refractivity contribution in [1.82, 2.24) is 0 Å². The molecule has 1 aliphatic heterocycles. The first-order chi connectivity index (χ1) is 14.0. The van der Waals surface area contributed by atoms with Crippen molar-refractivity contribution in [2.75, 3.05) is 6.61 Å². The van der Waals surface area contributed by atoms with Crippen LogP contribution < -0.4 is 0 Å². The highest BCUT2D eigenvalue weighted by atomic mass is 16.8. The Morgan fingerprint density at radius 1 is 1.27 bits per heavy atom. The van der Waals surface area contributed by atoms with Gasteiger partial charge in [-0.25, -0.2) is 0 Å². The first kappa shape index (κ1) is 20.6. The van der Waals surface area contributed by atoms with Crippen LogP contribution in [-0.4, -0.2) is 52.0 Å². The average Bonchev–Trinajstić information content (AvgIpc) is 3.07. The molecular weight excluding hydrogens is 384 g/mol. The quantitative estimate of drug-likeness (QED) is 0.718. The zero-order valence-corrected chi connectivity index (χ0v) is 18.2. The van der Waals surface area contributed by atoms with E-state index in [0.717, 1.165) is 18.4 Å². The molecular formula is C24H32O6. The molecule has 3 saturated carbocycles. The molecule has 0 radical (unpaired) electrons. The molecule has 6 heteroatoms. The molecule has 0 aromatic rings. The average molecular weight is 417 g/mol. The van der Waals surface area contributed by atoms with Gasteiger partial charge in [-0.15, -0.1) is 0 Å². The van der Waals surface area contributed by atoms with E-state index < -0.39 is 35.6 Å². The first-order valence-corrected chi connectivity index (χ1v) is 11.1. The van der Waals surface area contributed by atoms with Crippen molar-refractivity contribution in [2.24, 2.45) is 28.6 Å². The number of aliphatic hydroxyl groups excluding tert-OH is 2. The van der Waals surface area contributed by atoms with E-state index in [9.17, 15) is 19.8 Å². The first-order valence-electron chi connectivity index (χ1n) is 11.1. The maximum absolute atomic E-state index is 13.2. The summed E-state index contributed by atoms with van der Waals surface area (Å²) in [4.78, 5) is 25.1. The molecule has 8 atom stereocenters. The molecule has 0 aromatic heterocycles. The summed E-state index contributed by atoms with van der Waals surface area (Å²) < 4.78 is 12.6. The summed E-state index contributed by atoms with van der Waals surface area (Å²) in [6, 6.07) is 0. The Balaban J connectivity index is 1.59. The number of Topliss-reactive ketones (excluding diaryl/α,β-unsaturated/α-hetero) is 1. The largest absolute Gasteiger partial charge is 0.393 e. The molecule has 6 nitrogen and oxygen atoms in total. The number of ether oxygens (including phenoxy) is 2. The van der Waals surface area contributed by atoms with Crippen molar-refractivity contribution in [3.63, 3.8) is 0 Å². The normalized spacial score (nSPS) is 50.9. The molecule has 164 valence electrons. The fraction of sp³-hybridized carbons (Fsp3) is 0.750. The van der Waals surface area contributed by atoms with Crippen molar-refractivity contribution >= 4 is 11.6 Å². The van der Waals surface area contributed by atoms with Crippen LogP contribution >= 0.6 is 0 Å². The number of carbonyl (C=O) groups is 2. The van der Waals surface area contributed by atoms with Crippen LogP contribution in [0.5, 0.6) is 0 Å². The Hall–Kier alpha value is -1.34. The van der Waals surface area contributed by atoms with E-state index in [1.54, 1.807) is 26.0 Å². The molecule has 4 fully saturated rings. The fourth-order valence-corrected chi connectivity index (χ4v) is 8.04. The van der Waals surface area contributed by atoms with Crippen LogP contribution in [0.3, 0.4) is 0 Å². The fourth-order valence-electron chi connectivity index (χ4n) is 8.04. The van der Waals surface area contributed by atoms with E-state index in [1.807, 2.05) is 13.0 Å². The Morgan fingerprint density at radius 2 is 2.00 bits per heavy atom. The maximum atomic E-state index is 13.2. The van der Waals surface area contributed by atoms with E-state index in [2.05, 4.69) is 6.92 Å². The molecule has 5 rings (SSSR count). The summed E-state index contributed by atoms with van der Waals surface area (Å²) in [6.45, 7) is 7.19. The molecule has 30 heavy (non-hydrogen) atoms. The van der Waals surface area contributed by atoms with Gasteiger partial charge < -0.3 is 19.7 Å². The Labute approximate surface area is 177 Å². The minimum absolute atomic E-state index is 0.0167. The number of aliphatic hydroxyl groups is 2. The van der Waals surface area contributed by atoms with E-state index >= 15 is 0 Å². The molecule has 5 aliphatic rings. The Morgan fingerprint density at radius 3 is 2.70 bits per heavy atom. The number of allylic oxidation sites excluding steroid dienone is 4. The third kappa shape index (κ3) is 2.34. The van der Waals surface area contributed by atoms with Crippen molar-refractivity contribution < 1.29 is 29.3 Å². The van der Waals surface area contributed by atoms with Crippen LogP contribution in [0.4, 0.5) is 0 Å². The van der Waals surface area contributed by atoms with Gasteiger partial charge in [-0.05, 0) is 63.5 Å². The van der Waals surface area contributed by atoms with Gasteiger partial charge in [0.05, 0.1) is 12.2 Å². The lowest BCUT2D eigenvalue weighted by Gasteiger charge is -2.59. The minimum atomic E-state index is -1.24. The molecule has 0 spiro atoms. The molecule has 0 bridgehead atoms. The highest BCUT2D eigenvalue weighted by Gasteiger charge is 2.76. The van der Waals surface area contributed by atoms with Gasteiger partial charge in [-0.3, -0.25) is 9.59 Å². The Kier molecular flexibility index (Phi) is 4.20. The zero-order valence-electron chi connectivity index (χ0n) is 18.2. The standard InChI is InChI=1S/C24H32O6/c1-21(2)29-19-10-16-15-6-5-13-9-14(26)7-8-22(13,3)20(15)17(27)11-23(16,4)24(19,30-21)18(28)12-25/h7-9,15-17,19-20,25,27H,5-6,10-12H2,1-4H3/t15?,16?,17?,19?,20?,22-,23-,24+/m0/s1. The number of fused-ring (bicyclic) bond motifs is 7. The van der Waals surface area contributed by atoms with Crippen molar-refractivity contribution in [3.05, 3.63) is 23.8 Å². The van der Waals surface area contributed by atoms with Crippen LogP contribution in [0.25, 0.3) is 0 Å². The highest BCUT2D eigenvalue weighted by molar-refractivity contribution is 6.01. The van der Waals surface area contributed by atoms with Gasteiger partial charge in [0.25, 0.3) is 0 Å². The lowest BCUT2D eigenvalue weighted by atomic mass is 9.46. The van der Waals surface area contributed by atoms with Crippen LogP contribution in [0.2, 0.25) is 0 Å². The van der Waals surface area contributed by atoms with Crippen LogP contribution in [0.1, 0.15) is 53.4 Å². The molecule has 2 N–H and O–H groups in total. The van der Waals surface area contributed by atoms with Crippen LogP contribution in [-0.2, 0) is 19.1 Å². The van der Waals surface area contributed by atoms with Crippen molar-refractivity contribution in [2.45, 2.75) is 77.0 Å². The summed E-state index contributed by atoms with van der Waals surface area (Å²) in [5, 5.41) is 21.3. The third-order valence-electron chi connectivity index (χ3n) is 9.05. The second kappa shape index (κ2) is 6.12. The van der Waals surface area contributed by atoms with E-state index in [1.165, 1.54) is 0 Å². The van der Waals surface area contributed by atoms with E-state index in [-0.39, 0.29) is 34.7 Å². The lowest BCUT2D eigenvalue weighted by Crippen LogP contribution is -2.63. The van der Waals surface area contributed by atoms with Crippen LogP contribution in [0.15, 0.2) is 23.8 Å². The predicted octanol–water partition coefficient (Wildman–Crippen LogP) is 2.33. The third-order valence-corrected chi connectivity index (χ3v) is 9.05. The molecule has 1 saturated heterocycles. The van der Waals surface area contributed by atoms with Gasteiger partial charge in [0, 0.05) is 16.7 Å². The molecule has 0 aromatic carbocycles. The lowest BCUT2D eigenvalue weighted by molar-refractivity contribution is -0.225. The number of hydrogen-bond donors (Lipinski definition) is 2. The smallest absolute Gasteiger partial charge is 0.193 e. The summed E-state index contributed by atoms with van der Waals surface area (Å²) in [5.74, 6) is -0.947. The summed E-state index contributed by atoms with van der Waals surface area (Å²) in [5.41, 5.74) is -1.12. The molecule has 4 aliphatic carbocycles. The molecule has 5 unspecified atom stereocenters. The molecule has 1 heterocycles. The van der Waals surface area contributed by atoms with E-state index in [0.29, 0.717) is 12.8 Å². The summed E-state index contributed by atoms with van der Waals surface area (Å²) >= 11 is 0. The van der Waals surface area contributed by atoms with E-state index in [4.69, 9.17) is 9.47 Å². The van der Waals surface area contributed by atoms with Gasteiger partial charge >= 0.3 is 0 Å². The van der Waals surface area contributed by atoms with Gasteiger partial charge in [0.1, 0.15) is 6.61 Å². The summed E-state index contributed by atoms with van der Waals surface area (Å²) in [7, 11) is 0.